The zero-order valence-corrected chi connectivity index (χ0v) is 14.9. The third-order valence-electron chi connectivity index (χ3n) is 4.85. The van der Waals surface area contributed by atoms with Crippen LogP contribution in [0.5, 0.6) is 0 Å². The number of aromatic nitrogens is 3. The fourth-order valence-corrected chi connectivity index (χ4v) is 3.49. The van der Waals surface area contributed by atoms with E-state index in [9.17, 15) is 4.79 Å². The quantitative estimate of drug-likeness (QED) is 0.858. The van der Waals surface area contributed by atoms with Crippen LogP contribution in [0.3, 0.4) is 0 Å². The molecule has 0 N–H and O–H groups in total. The number of carbonyl (C=O) groups is 1. The van der Waals surface area contributed by atoms with Gasteiger partial charge in [0.1, 0.15) is 6.33 Å². The van der Waals surface area contributed by atoms with Crippen LogP contribution in [0, 0.1) is 0 Å². The summed E-state index contributed by atoms with van der Waals surface area (Å²) in [6, 6.07) is 4.09. The van der Waals surface area contributed by atoms with Crippen LogP contribution in [0.4, 0.5) is 4.79 Å². The van der Waals surface area contributed by atoms with Crippen LogP contribution in [-0.2, 0) is 0 Å². The summed E-state index contributed by atoms with van der Waals surface area (Å²) in [4.78, 5) is 29.4. The van der Waals surface area contributed by atoms with E-state index in [-0.39, 0.29) is 11.9 Å². The summed E-state index contributed by atoms with van der Waals surface area (Å²) in [5, 5.41) is 0. The lowest BCUT2D eigenvalue weighted by Crippen LogP contribution is -2.47. The van der Waals surface area contributed by atoms with E-state index in [0.29, 0.717) is 6.54 Å². The first-order valence-corrected chi connectivity index (χ1v) is 8.98. The fraction of sp³-hybridized carbons (Fsp3) is 0.474. The average molecular weight is 339 g/mol. The van der Waals surface area contributed by atoms with E-state index in [1.165, 1.54) is 0 Å². The predicted octanol–water partition coefficient (Wildman–Crippen LogP) is 3.18. The van der Waals surface area contributed by atoms with Gasteiger partial charge in [0, 0.05) is 56.3 Å². The number of pyridine rings is 1. The van der Waals surface area contributed by atoms with E-state index in [0.717, 1.165) is 49.3 Å². The Morgan fingerprint density at radius 2 is 2.00 bits per heavy atom. The van der Waals surface area contributed by atoms with Gasteiger partial charge in [-0.2, -0.15) is 0 Å². The van der Waals surface area contributed by atoms with E-state index in [1.807, 2.05) is 42.0 Å². The zero-order chi connectivity index (χ0) is 17.6. The highest BCUT2D eigenvalue weighted by Crippen LogP contribution is 2.32. The Hall–Kier alpha value is -2.50. The van der Waals surface area contributed by atoms with Crippen molar-refractivity contribution < 1.29 is 4.79 Å². The van der Waals surface area contributed by atoms with Crippen LogP contribution in [0.15, 0.2) is 37.1 Å². The maximum atomic E-state index is 12.7. The first-order valence-electron chi connectivity index (χ1n) is 8.98. The van der Waals surface area contributed by atoms with Gasteiger partial charge in [-0.05, 0) is 44.4 Å². The van der Waals surface area contributed by atoms with Crippen molar-refractivity contribution in [2.75, 3.05) is 26.2 Å². The van der Waals surface area contributed by atoms with Crippen LogP contribution >= 0.6 is 0 Å². The molecule has 0 aliphatic carbocycles. The summed E-state index contributed by atoms with van der Waals surface area (Å²) in [7, 11) is 0. The van der Waals surface area contributed by atoms with E-state index in [4.69, 9.17) is 0 Å². The van der Waals surface area contributed by atoms with Gasteiger partial charge in [0.15, 0.2) is 0 Å². The molecule has 0 spiro atoms. The van der Waals surface area contributed by atoms with Crippen molar-refractivity contribution in [1.29, 1.82) is 0 Å². The van der Waals surface area contributed by atoms with Gasteiger partial charge in [0.2, 0.25) is 0 Å². The Morgan fingerprint density at radius 3 is 2.72 bits per heavy atom. The fourth-order valence-electron chi connectivity index (χ4n) is 3.49. The van der Waals surface area contributed by atoms with Crippen LogP contribution in [0.25, 0.3) is 11.1 Å². The predicted molar refractivity (Wildman–Crippen MR) is 97.1 cm³/mol. The van der Waals surface area contributed by atoms with Gasteiger partial charge in [-0.25, -0.2) is 14.8 Å². The molecule has 0 unspecified atom stereocenters. The highest BCUT2D eigenvalue weighted by Gasteiger charge is 2.29. The van der Waals surface area contributed by atoms with Crippen LogP contribution in [-0.4, -0.2) is 57.0 Å². The highest BCUT2D eigenvalue weighted by molar-refractivity contribution is 5.74. The minimum Gasteiger partial charge on any atom is -0.325 e. The lowest BCUT2D eigenvalue weighted by Gasteiger charge is -2.36. The molecule has 1 fully saturated rings. The van der Waals surface area contributed by atoms with E-state index < -0.39 is 0 Å². The normalized spacial score (nSPS) is 17.4. The van der Waals surface area contributed by atoms with Gasteiger partial charge in [-0.3, -0.25) is 4.98 Å². The second kappa shape index (κ2) is 8.05. The summed E-state index contributed by atoms with van der Waals surface area (Å²) in [5.74, 6) is 0.236. The number of piperidine rings is 1. The third kappa shape index (κ3) is 3.78. The Labute approximate surface area is 148 Å². The van der Waals surface area contributed by atoms with Gasteiger partial charge in [0.25, 0.3) is 0 Å². The molecule has 1 atom stereocenters. The Morgan fingerprint density at radius 1 is 1.24 bits per heavy atom. The standard InChI is InChI=1S/C19H25N5O/c1-3-23(4-2)19(25)24-11-5-6-16(13-24)18-17(12-21-14-22-18)15-7-9-20-10-8-15/h7-10,12,14,16H,3-6,11,13H2,1-2H3/t16-/m0/s1. The SMILES string of the molecule is CCN(CC)C(=O)N1CCC[C@H](c2ncncc2-c2ccncc2)C1. The van der Waals surface area contributed by atoms with E-state index in [2.05, 4.69) is 15.0 Å². The molecular weight excluding hydrogens is 314 g/mol. The van der Waals surface area contributed by atoms with Gasteiger partial charge < -0.3 is 9.80 Å². The molecule has 1 saturated heterocycles. The first-order chi connectivity index (χ1) is 12.2. The maximum absolute atomic E-state index is 12.7. The number of amides is 2. The number of carbonyl (C=O) groups excluding carboxylic acids is 1. The average Bonchev–Trinajstić information content (AvgIpc) is 2.69. The molecule has 1 aliphatic heterocycles. The van der Waals surface area contributed by atoms with Crippen molar-refractivity contribution in [2.45, 2.75) is 32.6 Å². The minimum atomic E-state index is 0.134. The van der Waals surface area contributed by atoms with Crippen LogP contribution < -0.4 is 0 Å². The molecule has 0 saturated carbocycles. The molecule has 132 valence electrons. The zero-order valence-electron chi connectivity index (χ0n) is 14.9. The second-order valence-corrected chi connectivity index (χ2v) is 6.30. The molecule has 0 aromatic carbocycles. The molecular formula is C19H25N5O. The molecule has 6 heteroatoms. The molecule has 0 radical (unpaired) electrons. The summed E-state index contributed by atoms with van der Waals surface area (Å²) in [6.45, 7) is 7.06. The number of nitrogens with zero attached hydrogens (tertiary/aromatic N) is 5. The van der Waals surface area contributed by atoms with Gasteiger partial charge in [-0.1, -0.05) is 0 Å². The topological polar surface area (TPSA) is 62.2 Å². The molecule has 25 heavy (non-hydrogen) atoms. The van der Waals surface area contributed by atoms with E-state index in [1.54, 1.807) is 18.7 Å². The smallest absolute Gasteiger partial charge is 0.319 e. The molecule has 1 aliphatic rings. The number of likely N-dealkylation sites (tertiary alicyclic amines) is 1. The lowest BCUT2D eigenvalue weighted by molar-refractivity contribution is 0.142. The molecule has 2 aromatic rings. The Bertz CT molecular complexity index is 702. The molecule has 6 nitrogen and oxygen atoms in total. The van der Waals surface area contributed by atoms with Crippen molar-refractivity contribution in [2.24, 2.45) is 0 Å². The third-order valence-corrected chi connectivity index (χ3v) is 4.85. The molecule has 2 amide bonds. The highest BCUT2D eigenvalue weighted by atomic mass is 16.2. The van der Waals surface area contributed by atoms with E-state index >= 15 is 0 Å². The number of urea groups is 1. The van der Waals surface area contributed by atoms with Crippen molar-refractivity contribution >= 4 is 6.03 Å². The van der Waals surface area contributed by atoms with Crippen molar-refractivity contribution in [3.63, 3.8) is 0 Å². The maximum Gasteiger partial charge on any atom is 0.319 e. The van der Waals surface area contributed by atoms with Crippen molar-refractivity contribution in [1.82, 2.24) is 24.8 Å². The summed E-state index contributed by atoms with van der Waals surface area (Å²) < 4.78 is 0. The van der Waals surface area contributed by atoms with Gasteiger partial charge in [0.05, 0.1) is 5.69 Å². The van der Waals surface area contributed by atoms with Gasteiger partial charge >= 0.3 is 6.03 Å². The monoisotopic (exact) mass is 339 g/mol. The molecule has 3 heterocycles. The minimum absolute atomic E-state index is 0.134. The molecule has 3 rings (SSSR count). The number of rotatable bonds is 4. The number of hydrogen-bond donors (Lipinski definition) is 0. The first kappa shape index (κ1) is 17.3. The van der Waals surface area contributed by atoms with Crippen molar-refractivity contribution in [3.8, 4) is 11.1 Å². The summed E-state index contributed by atoms with van der Waals surface area (Å²) in [5.41, 5.74) is 3.13. The largest absolute Gasteiger partial charge is 0.325 e. The summed E-state index contributed by atoms with van der Waals surface area (Å²) >= 11 is 0. The van der Waals surface area contributed by atoms with Crippen LogP contribution in [0.1, 0.15) is 38.3 Å². The Kier molecular flexibility index (Phi) is 5.58. The lowest BCUT2D eigenvalue weighted by atomic mass is 9.90. The second-order valence-electron chi connectivity index (χ2n) is 6.30. The Balaban J connectivity index is 1.84. The van der Waals surface area contributed by atoms with Crippen molar-refractivity contribution in [3.05, 3.63) is 42.7 Å². The van der Waals surface area contributed by atoms with Crippen LogP contribution in [0.2, 0.25) is 0 Å². The number of hydrogen-bond acceptors (Lipinski definition) is 4. The molecule has 2 aromatic heterocycles. The summed E-state index contributed by atoms with van der Waals surface area (Å²) in [6.07, 6.45) is 9.06. The van der Waals surface area contributed by atoms with Gasteiger partial charge in [-0.15, -0.1) is 0 Å². The molecule has 0 bridgehead atoms.